The zero-order valence-electron chi connectivity index (χ0n) is 19.4. The summed E-state index contributed by atoms with van der Waals surface area (Å²) >= 11 is 0. The summed E-state index contributed by atoms with van der Waals surface area (Å²) < 4.78 is 6.10. The number of aryl methyl sites for hydroxylation is 1. The summed E-state index contributed by atoms with van der Waals surface area (Å²) in [7, 11) is 0. The summed E-state index contributed by atoms with van der Waals surface area (Å²) in [5.74, 6) is 0.558. The van der Waals surface area contributed by atoms with Crippen LogP contribution in [0.2, 0.25) is 0 Å². The number of carbonyl (C=O) groups is 1. The van der Waals surface area contributed by atoms with Crippen molar-refractivity contribution in [1.82, 2.24) is 10.4 Å². The second-order valence-corrected chi connectivity index (χ2v) is 8.26. The van der Waals surface area contributed by atoms with E-state index in [0.717, 1.165) is 44.6 Å². The van der Waals surface area contributed by atoms with Crippen LogP contribution in [0, 0.1) is 6.92 Å². The number of aromatic amines is 1. The van der Waals surface area contributed by atoms with Gasteiger partial charge >= 0.3 is 0 Å². The van der Waals surface area contributed by atoms with Gasteiger partial charge in [0.25, 0.3) is 5.91 Å². The van der Waals surface area contributed by atoms with Crippen molar-refractivity contribution in [3.05, 3.63) is 126 Å². The summed E-state index contributed by atoms with van der Waals surface area (Å²) in [5, 5.41) is 5.24. The highest BCUT2D eigenvalue weighted by atomic mass is 16.5. The molecule has 1 amide bonds. The number of rotatable bonds is 7. The number of nitrogens with zero attached hydrogens (tertiary/aromatic N) is 1. The first kappa shape index (κ1) is 22.2. The quantitative estimate of drug-likeness (QED) is 0.216. The standard InChI is InChI=1S/C30H25N3O2/c1-21-27(26-12-5-7-13-28(26)32-21)19-31-33-30(34)24-17-15-22(16-18-24)20-35-29-14-8-6-11-25(29)23-9-3-2-4-10-23/h2-19,32H,20H2,1H3,(H,33,34)/b31-19-. The number of ether oxygens (including phenoxy) is 1. The van der Waals surface area contributed by atoms with Gasteiger partial charge in [-0.05, 0) is 42.3 Å². The fourth-order valence-electron chi connectivity index (χ4n) is 4.05. The maximum atomic E-state index is 12.5. The van der Waals surface area contributed by atoms with Crippen molar-refractivity contribution in [2.24, 2.45) is 5.10 Å². The SMILES string of the molecule is Cc1[nH]c2ccccc2c1/C=N\NC(=O)c1ccc(COc2ccccc2-c2ccccc2)cc1. The second-order valence-electron chi connectivity index (χ2n) is 8.26. The Morgan fingerprint density at radius 3 is 2.43 bits per heavy atom. The largest absolute Gasteiger partial charge is 0.488 e. The first-order valence-electron chi connectivity index (χ1n) is 11.5. The van der Waals surface area contributed by atoms with Crippen LogP contribution in [0.15, 0.2) is 108 Å². The first-order chi connectivity index (χ1) is 17.2. The number of benzene rings is 4. The summed E-state index contributed by atoms with van der Waals surface area (Å²) in [6.45, 7) is 2.39. The van der Waals surface area contributed by atoms with Crippen LogP contribution in [0.4, 0.5) is 0 Å². The van der Waals surface area contributed by atoms with Crippen LogP contribution in [-0.4, -0.2) is 17.1 Å². The predicted molar refractivity (Wildman–Crippen MR) is 141 cm³/mol. The zero-order chi connectivity index (χ0) is 24.0. The van der Waals surface area contributed by atoms with Gasteiger partial charge in [-0.3, -0.25) is 4.79 Å². The number of nitrogens with one attached hydrogen (secondary N) is 2. The van der Waals surface area contributed by atoms with Gasteiger partial charge in [0.05, 0.1) is 6.21 Å². The molecule has 0 spiro atoms. The fraction of sp³-hybridized carbons (Fsp3) is 0.0667. The number of aromatic nitrogens is 1. The molecule has 0 bridgehead atoms. The number of hydrogen-bond acceptors (Lipinski definition) is 3. The van der Waals surface area contributed by atoms with Crippen molar-refractivity contribution < 1.29 is 9.53 Å². The molecule has 172 valence electrons. The van der Waals surface area contributed by atoms with E-state index in [1.807, 2.05) is 79.7 Å². The summed E-state index contributed by atoms with van der Waals surface area (Å²) in [6.07, 6.45) is 1.68. The van der Waals surface area contributed by atoms with Crippen LogP contribution in [0.25, 0.3) is 22.0 Å². The molecule has 5 nitrogen and oxygen atoms in total. The van der Waals surface area contributed by atoms with E-state index in [-0.39, 0.29) is 5.91 Å². The number of H-pyrrole nitrogens is 1. The molecule has 0 saturated heterocycles. The van der Waals surface area contributed by atoms with E-state index in [1.165, 1.54) is 0 Å². The second kappa shape index (κ2) is 10.1. The minimum Gasteiger partial charge on any atom is -0.488 e. The first-order valence-corrected chi connectivity index (χ1v) is 11.5. The van der Waals surface area contributed by atoms with Crippen LogP contribution < -0.4 is 10.2 Å². The molecule has 35 heavy (non-hydrogen) atoms. The molecule has 5 heteroatoms. The number of fused-ring (bicyclic) bond motifs is 1. The molecule has 4 aromatic carbocycles. The Kier molecular flexibility index (Phi) is 6.39. The molecule has 0 fully saturated rings. The summed E-state index contributed by atoms with van der Waals surface area (Å²) in [4.78, 5) is 15.9. The average Bonchev–Trinajstić information content (AvgIpc) is 3.23. The highest BCUT2D eigenvalue weighted by molar-refractivity contribution is 6.01. The molecule has 0 saturated carbocycles. The van der Waals surface area contributed by atoms with Gasteiger partial charge in [0.2, 0.25) is 0 Å². The average molecular weight is 460 g/mol. The summed E-state index contributed by atoms with van der Waals surface area (Å²) in [6, 6.07) is 33.5. The van der Waals surface area contributed by atoms with Crippen molar-refractivity contribution in [1.29, 1.82) is 0 Å². The number of amides is 1. The van der Waals surface area contributed by atoms with Crippen LogP contribution in [0.3, 0.4) is 0 Å². The van der Waals surface area contributed by atoms with E-state index >= 15 is 0 Å². The Balaban J connectivity index is 1.21. The Hall–Kier alpha value is -4.64. The predicted octanol–water partition coefficient (Wildman–Crippen LogP) is 6.49. The van der Waals surface area contributed by atoms with Crippen molar-refractivity contribution in [3.8, 4) is 16.9 Å². The third-order valence-electron chi connectivity index (χ3n) is 5.89. The van der Waals surface area contributed by atoms with Crippen molar-refractivity contribution in [2.75, 3.05) is 0 Å². The van der Waals surface area contributed by atoms with Gasteiger partial charge in [-0.2, -0.15) is 5.10 Å². The molecule has 0 atom stereocenters. The third-order valence-corrected chi connectivity index (χ3v) is 5.89. The van der Waals surface area contributed by atoms with Crippen LogP contribution in [0.1, 0.15) is 27.2 Å². The maximum Gasteiger partial charge on any atom is 0.271 e. The van der Waals surface area contributed by atoms with Gasteiger partial charge in [-0.25, -0.2) is 5.43 Å². The van der Waals surface area contributed by atoms with E-state index in [4.69, 9.17) is 4.74 Å². The van der Waals surface area contributed by atoms with Crippen molar-refractivity contribution >= 4 is 23.0 Å². The molecule has 0 unspecified atom stereocenters. The van der Waals surface area contributed by atoms with E-state index in [9.17, 15) is 4.79 Å². The van der Waals surface area contributed by atoms with Crippen LogP contribution >= 0.6 is 0 Å². The van der Waals surface area contributed by atoms with Gasteiger partial charge in [0, 0.05) is 33.3 Å². The Bertz CT molecular complexity index is 1490. The monoisotopic (exact) mass is 459 g/mol. The van der Waals surface area contributed by atoms with Gasteiger partial charge < -0.3 is 9.72 Å². The molecule has 0 radical (unpaired) electrons. The molecule has 0 aliphatic heterocycles. The number of para-hydroxylation sites is 2. The topological polar surface area (TPSA) is 66.5 Å². The lowest BCUT2D eigenvalue weighted by molar-refractivity contribution is 0.0955. The molecule has 0 aliphatic rings. The maximum absolute atomic E-state index is 12.5. The van der Waals surface area contributed by atoms with Gasteiger partial charge in [-0.15, -0.1) is 0 Å². The Labute approximate surface area is 204 Å². The zero-order valence-corrected chi connectivity index (χ0v) is 19.4. The van der Waals surface area contributed by atoms with Gasteiger partial charge in [0.15, 0.2) is 0 Å². The van der Waals surface area contributed by atoms with E-state index in [0.29, 0.717) is 12.2 Å². The highest BCUT2D eigenvalue weighted by Gasteiger charge is 2.08. The molecule has 0 aliphatic carbocycles. The lowest BCUT2D eigenvalue weighted by Crippen LogP contribution is -2.17. The van der Waals surface area contributed by atoms with Gasteiger partial charge in [-0.1, -0.05) is 78.9 Å². The van der Waals surface area contributed by atoms with E-state index < -0.39 is 0 Å². The van der Waals surface area contributed by atoms with Gasteiger partial charge in [0.1, 0.15) is 12.4 Å². The minimum atomic E-state index is -0.263. The highest BCUT2D eigenvalue weighted by Crippen LogP contribution is 2.30. The lowest BCUT2D eigenvalue weighted by Gasteiger charge is -2.12. The number of hydrazone groups is 1. The fourth-order valence-corrected chi connectivity index (χ4v) is 4.05. The Morgan fingerprint density at radius 1 is 0.886 bits per heavy atom. The van der Waals surface area contributed by atoms with E-state index in [2.05, 4.69) is 33.7 Å². The number of hydrogen-bond donors (Lipinski definition) is 2. The smallest absolute Gasteiger partial charge is 0.271 e. The molecule has 5 rings (SSSR count). The van der Waals surface area contributed by atoms with Crippen LogP contribution in [0.5, 0.6) is 5.75 Å². The Morgan fingerprint density at radius 2 is 1.60 bits per heavy atom. The molecular formula is C30H25N3O2. The molecule has 5 aromatic rings. The molecule has 1 heterocycles. The lowest BCUT2D eigenvalue weighted by atomic mass is 10.0. The molecular weight excluding hydrogens is 434 g/mol. The van der Waals surface area contributed by atoms with Crippen molar-refractivity contribution in [3.63, 3.8) is 0 Å². The normalized spacial score (nSPS) is 11.1. The van der Waals surface area contributed by atoms with E-state index in [1.54, 1.807) is 18.3 Å². The van der Waals surface area contributed by atoms with Crippen molar-refractivity contribution in [2.45, 2.75) is 13.5 Å². The minimum absolute atomic E-state index is 0.263. The third kappa shape index (κ3) is 4.99. The molecule has 1 aromatic heterocycles. The number of carbonyl (C=O) groups excluding carboxylic acids is 1. The summed E-state index contributed by atoms with van der Waals surface area (Å²) in [5.41, 5.74) is 9.29. The molecule has 2 N–H and O–H groups in total. The van der Waals surface area contributed by atoms with Crippen LogP contribution in [-0.2, 0) is 6.61 Å².